The Morgan fingerprint density at radius 2 is 1.93 bits per heavy atom. The fraction of sp³-hybridized carbons (Fsp3) is 0.471. The number of aromatic nitrogens is 3. The number of aryl methyl sites for hydroxylation is 1. The Morgan fingerprint density at radius 3 is 2.59 bits per heavy atom. The third kappa shape index (κ3) is 7.45. The molecule has 8 nitrogen and oxygen atoms in total. The molecule has 0 unspecified atom stereocenters. The summed E-state index contributed by atoms with van der Waals surface area (Å²) in [6, 6.07) is 8.44. The largest absolute Gasteiger partial charge is 0.357 e. The van der Waals surface area contributed by atoms with Crippen molar-refractivity contribution in [3.05, 3.63) is 42.5 Å². The van der Waals surface area contributed by atoms with Gasteiger partial charge in [-0.15, -0.1) is 34.2 Å². The fourth-order valence-corrected chi connectivity index (χ4v) is 3.54. The summed E-state index contributed by atoms with van der Waals surface area (Å²) in [5.41, 5.74) is 0. The molecule has 0 fully saturated rings. The molecule has 2 rings (SSSR count). The molecular weight excluding hydrogens is 479 g/mol. The molecule has 0 saturated carbocycles. The summed E-state index contributed by atoms with van der Waals surface area (Å²) in [5, 5.41) is 14.3. The number of nitrogens with one attached hydrogen (secondary N) is 2. The Labute approximate surface area is 177 Å². The normalized spacial score (nSPS) is 11.7. The first-order valence-corrected chi connectivity index (χ1v) is 10.4. The van der Waals surface area contributed by atoms with Crippen molar-refractivity contribution in [1.29, 1.82) is 0 Å². The van der Waals surface area contributed by atoms with E-state index in [2.05, 4.69) is 25.8 Å². The van der Waals surface area contributed by atoms with Gasteiger partial charge in [-0.1, -0.05) is 25.1 Å². The second-order valence-electron chi connectivity index (χ2n) is 5.61. The van der Waals surface area contributed by atoms with Crippen molar-refractivity contribution in [1.82, 2.24) is 25.4 Å². The Bertz CT molecular complexity index is 808. The summed E-state index contributed by atoms with van der Waals surface area (Å²) in [6.07, 6.45) is 2.53. The van der Waals surface area contributed by atoms with Gasteiger partial charge in [0.1, 0.15) is 12.2 Å². The topological polar surface area (TPSA) is 101 Å². The SMILES string of the molecule is CCNC(=NCCS(=O)(=O)c1ccccc1)NCCn1cnnc1CC.I. The first-order valence-electron chi connectivity index (χ1n) is 8.73. The minimum absolute atomic E-state index is 0. The third-order valence-electron chi connectivity index (χ3n) is 3.73. The van der Waals surface area contributed by atoms with E-state index in [0.717, 1.165) is 12.2 Å². The van der Waals surface area contributed by atoms with Crippen molar-refractivity contribution < 1.29 is 8.42 Å². The first kappa shape index (κ1) is 23.3. The van der Waals surface area contributed by atoms with E-state index < -0.39 is 9.84 Å². The highest BCUT2D eigenvalue weighted by atomic mass is 127. The van der Waals surface area contributed by atoms with Crippen molar-refractivity contribution in [2.45, 2.75) is 31.7 Å². The van der Waals surface area contributed by atoms with E-state index in [0.29, 0.717) is 30.5 Å². The molecule has 0 aliphatic heterocycles. The monoisotopic (exact) mass is 506 g/mol. The summed E-state index contributed by atoms with van der Waals surface area (Å²) in [7, 11) is -3.32. The van der Waals surface area contributed by atoms with Gasteiger partial charge in [0.15, 0.2) is 15.8 Å². The van der Waals surface area contributed by atoms with Gasteiger partial charge < -0.3 is 15.2 Å². The highest BCUT2D eigenvalue weighted by molar-refractivity contribution is 14.0. The molecule has 0 aliphatic rings. The molecule has 0 spiro atoms. The first-order chi connectivity index (χ1) is 12.6. The van der Waals surface area contributed by atoms with Gasteiger partial charge >= 0.3 is 0 Å². The molecule has 0 atom stereocenters. The number of hydrogen-bond acceptors (Lipinski definition) is 5. The molecule has 0 saturated heterocycles. The van der Waals surface area contributed by atoms with E-state index in [-0.39, 0.29) is 36.3 Å². The smallest absolute Gasteiger partial charge is 0.191 e. The number of aliphatic imine (C=N–C) groups is 1. The molecule has 0 aliphatic carbocycles. The van der Waals surface area contributed by atoms with E-state index in [1.807, 2.05) is 18.4 Å². The number of halogens is 1. The number of hydrogen-bond donors (Lipinski definition) is 2. The van der Waals surface area contributed by atoms with Crippen LogP contribution in [0, 0.1) is 0 Å². The van der Waals surface area contributed by atoms with E-state index in [1.54, 1.807) is 36.7 Å². The van der Waals surface area contributed by atoms with Gasteiger partial charge in [0, 0.05) is 26.1 Å². The van der Waals surface area contributed by atoms with Gasteiger partial charge in [-0.2, -0.15) is 0 Å². The summed E-state index contributed by atoms with van der Waals surface area (Å²) in [5.74, 6) is 1.50. The van der Waals surface area contributed by atoms with E-state index in [9.17, 15) is 8.42 Å². The summed E-state index contributed by atoms with van der Waals surface area (Å²) >= 11 is 0. The van der Waals surface area contributed by atoms with E-state index in [1.165, 1.54) is 0 Å². The lowest BCUT2D eigenvalue weighted by atomic mass is 10.4. The molecule has 2 aromatic rings. The quantitative estimate of drug-likeness (QED) is 0.304. The van der Waals surface area contributed by atoms with Gasteiger partial charge in [0.05, 0.1) is 17.2 Å². The maximum Gasteiger partial charge on any atom is 0.191 e. The fourth-order valence-electron chi connectivity index (χ4n) is 2.40. The molecule has 2 N–H and O–H groups in total. The van der Waals surface area contributed by atoms with Gasteiger partial charge in [-0.05, 0) is 19.1 Å². The summed E-state index contributed by atoms with van der Waals surface area (Å²) in [6.45, 7) is 6.24. The van der Waals surface area contributed by atoms with Crippen LogP contribution in [0.1, 0.15) is 19.7 Å². The lowest BCUT2D eigenvalue weighted by Crippen LogP contribution is -2.39. The molecule has 1 aromatic heterocycles. The molecule has 0 amide bonds. The molecule has 0 radical (unpaired) electrons. The highest BCUT2D eigenvalue weighted by Gasteiger charge is 2.13. The van der Waals surface area contributed by atoms with Crippen LogP contribution >= 0.6 is 24.0 Å². The molecule has 0 bridgehead atoms. The maximum absolute atomic E-state index is 12.3. The van der Waals surface area contributed by atoms with Crippen LogP contribution < -0.4 is 10.6 Å². The Kier molecular flexibility index (Phi) is 10.3. The minimum atomic E-state index is -3.32. The Morgan fingerprint density at radius 1 is 1.19 bits per heavy atom. The summed E-state index contributed by atoms with van der Waals surface area (Å²) in [4.78, 5) is 4.69. The molecule has 27 heavy (non-hydrogen) atoms. The molecule has 10 heteroatoms. The summed E-state index contributed by atoms with van der Waals surface area (Å²) < 4.78 is 26.6. The standard InChI is InChI=1S/C17H26N6O2S.HI/c1-3-16-22-21-14-23(16)12-10-19-17(18-4-2)20-11-13-26(24,25)15-8-6-5-7-9-15;/h5-9,14H,3-4,10-13H2,1-2H3,(H2,18,19,20);1H. The van der Waals surface area contributed by atoms with E-state index in [4.69, 9.17) is 0 Å². The third-order valence-corrected chi connectivity index (χ3v) is 5.44. The van der Waals surface area contributed by atoms with Gasteiger partial charge in [-0.3, -0.25) is 4.99 Å². The average molecular weight is 506 g/mol. The number of guanidine groups is 1. The van der Waals surface area contributed by atoms with Crippen LogP contribution in [-0.4, -0.2) is 54.5 Å². The zero-order chi connectivity index (χ0) is 18.8. The number of sulfone groups is 1. The predicted molar refractivity (Wildman–Crippen MR) is 117 cm³/mol. The predicted octanol–water partition coefficient (Wildman–Crippen LogP) is 1.49. The highest BCUT2D eigenvalue weighted by Crippen LogP contribution is 2.09. The number of rotatable bonds is 9. The van der Waals surface area contributed by atoms with Gasteiger partial charge in [-0.25, -0.2) is 8.42 Å². The van der Waals surface area contributed by atoms with Gasteiger partial charge in [0.25, 0.3) is 0 Å². The maximum atomic E-state index is 12.3. The molecule has 150 valence electrons. The minimum Gasteiger partial charge on any atom is -0.357 e. The van der Waals surface area contributed by atoms with Crippen LogP contribution in [-0.2, 0) is 22.8 Å². The van der Waals surface area contributed by atoms with E-state index >= 15 is 0 Å². The van der Waals surface area contributed by atoms with Crippen LogP contribution in [0.4, 0.5) is 0 Å². The zero-order valence-electron chi connectivity index (χ0n) is 15.6. The van der Waals surface area contributed by atoms with Crippen LogP contribution in [0.3, 0.4) is 0 Å². The number of nitrogens with zero attached hydrogens (tertiary/aromatic N) is 4. The lowest BCUT2D eigenvalue weighted by Gasteiger charge is -2.12. The Balaban J connectivity index is 0.00000364. The lowest BCUT2D eigenvalue weighted by molar-refractivity contribution is 0.595. The number of benzene rings is 1. The van der Waals surface area contributed by atoms with Crippen molar-refractivity contribution in [2.75, 3.05) is 25.4 Å². The second-order valence-corrected chi connectivity index (χ2v) is 7.72. The van der Waals surface area contributed by atoms with Crippen LogP contribution in [0.25, 0.3) is 0 Å². The van der Waals surface area contributed by atoms with Crippen molar-refractivity contribution in [2.24, 2.45) is 4.99 Å². The van der Waals surface area contributed by atoms with Gasteiger partial charge in [0.2, 0.25) is 0 Å². The average Bonchev–Trinajstić information content (AvgIpc) is 3.10. The van der Waals surface area contributed by atoms with Crippen LogP contribution in [0.2, 0.25) is 0 Å². The zero-order valence-corrected chi connectivity index (χ0v) is 18.8. The van der Waals surface area contributed by atoms with Crippen molar-refractivity contribution in [3.63, 3.8) is 0 Å². The van der Waals surface area contributed by atoms with Crippen LogP contribution in [0.15, 0.2) is 46.5 Å². The second kappa shape index (κ2) is 11.9. The Hall–Kier alpha value is -1.69. The van der Waals surface area contributed by atoms with Crippen molar-refractivity contribution in [3.8, 4) is 0 Å². The van der Waals surface area contributed by atoms with Crippen LogP contribution in [0.5, 0.6) is 0 Å². The molecule has 1 heterocycles. The molecular formula is C17H27IN6O2S. The van der Waals surface area contributed by atoms with Crippen molar-refractivity contribution >= 4 is 39.8 Å². The molecule has 1 aromatic carbocycles.